The molecule has 19 heavy (non-hydrogen) atoms. The summed E-state index contributed by atoms with van der Waals surface area (Å²) in [5.41, 5.74) is 2.69. The van der Waals surface area contributed by atoms with Crippen molar-refractivity contribution in [2.45, 2.75) is 18.6 Å². The lowest BCUT2D eigenvalue weighted by molar-refractivity contribution is 0.00741. The Morgan fingerprint density at radius 3 is 3.21 bits per heavy atom. The van der Waals surface area contributed by atoms with Crippen molar-refractivity contribution in [1.82, 2.24) is 10.2 Å². The van der Waals surface area contributed by atoms with E-state index < -0.39 is 0 Å². The van der Waals surface area contributed by atoms with Crippen LogP contribution in [0.2, 0.25) is 0 Å². The van der Waals surface area contributed by atoms with Crippen molar-refractivity contribution in [3.63, 3.8) is 0 Å². The van der Waals surface area contributed by atoms with Crippen LogP contribution < -0.4 is 5.32 Å². The minimum absolute atomic E-state index is 0.0357. The number of nitriles is 1. The van der Waals surface area contributed by atoms with Gasteiger partial charge in [-0.15, -0.1) is 0 Å². The first-order valence-corrected chi connectivity index (χ1v) is 6.92. The molecule has 100 valence electrons. The molecule has 0 bridgehead atoms. The maximum atomic E-state index is 9.21. The van der Waals surface area contributed by atoms with E-state index in [2.05, 4.69) is 40.6 Å². The van der Waals surface area contributed by atoms with Gasteiger partial charge in [-0.3, -0.25) is 4.90 Å². The maximum absolute atomic E-state index is 9.21. The first kappa shape index (κ1) is 12.6. The van der Waals surface area contributed by atoms with Gasteiger partial charge in [0.2, 0.25) is 0 Å². The molecule has 4 heteroatoms. The lowest BCUT2D eigenvalue weighted by Crippen LogP contribution is -2.52. The minimum Gasteiger partial charge on any atom is -0.372 e. The fourth-order valence-corrected chi connectivity index (χ4v) is 2.93. The van der Waals surface area contributed by atoms with Crippen molar-refractivity contribution in [3.05, 3.63) is 35.4 Å². The Hall–Kier alpha value is -1.41. The van der Waals surface area contributed by atoms with E-state index in [-0.39, 0.29) is 12.1 Å². The van der Waals surface area contributed by atoms with Crippen LogP contribution in [-0.2, 0) is 11.2 Å². The lowest BCUT2D eigenvalue weighted by atomic mass is 9.97. The standard InChI is InChI=1S/C15H19N3O/c16-9-13-10-17-6-7-18(13)11-15-14-4-2-1-3-12(14)5-8-19-15/h1-4,13,15,17H,5-8,10-11H2. The molecule has 1 aromatic rings. The monoisotopic (exact) mass is 257 g/mol. The molecule has 1 N–H and O–H groups in total. The Bertz CT molecular complexity index is 483. The number of rotatable bonds is 2. The largest absolute Gasteiger partial charge is 0.372 e. The third-order valence-corrected chi connectivity index (χ3v) is 4.00. The second-order valence-corrected chi connectivity index (χ2v) is 5.15. The summed E-state index contributed by atoms with van der Waals surface area (Å²) in [5.74, 6) is 0. The Morgan fingerprint density at radius 2 is 2.32 bits per heavy atom. The number of hydrogen-bond acceptors (Lipinski definition) is 4. The summed E-state index contributed by atoms with van der Waals surface area (Å²) < 4.78 is 5.93. The second-order valence-electron chi connectivity index (χ2n) is 5.15. The second kappa shape index (κ2) is 5.70. The SMILES string of the molecule is N#CC1CNCCN1CC1OCCc2ccccc21. The summed E-state index contributed by atoms with van der Waals surface area (Å²) in [4.78, 5) is 2.24. The highest BCUT2D eigenvalue weighted by atomic mass is 16.5. The third kappa shape index (κ3) is 2.64. The van der Waals surface area contributed by atoms with Gasteiger partial charge in [-0.2, -0.15) is 5.26 Å². The Balaban J connectivity index is 1.75. The van der Waals surface area contributed by atoms with Gasteiger partial charge in [0.25, 0.3) is 0 Å². The van der Waals surface area contributed by atoms with Crippen LogP contribution in [0.3, 0.4) is 0 Å². The van der Waals surface area contributed by atoms with E-state index in [1.807, 2.05) is 0 Å². The molecule has 3 rings (SSSR count). The van der Waals surface area contributed by atoms with Gasteiger partial charge in [-0.1, -0.05) is 24.3 Å². The van der Waals surface area contributed by atoms with Crippen LogP contribution in [0.25, 0.3) is 0 Å². The van der Waals surface area contributed by atoms with Gasteiger partial charge >= 0.3 is 0 Å². The summed E-state index contributed by atoms with van der Waals surface area (Å²) in [7, 11) is 0. The maximum Gasteiger partial charge on any atom is 0.110 e. The van der Waals surface area contributed by atoms with Crippen molar-refractivity contribution in [2.24, 2.45) is 0 Å². The quantitative estimate of drug-likeness (QED) is 0.862. The fourth-order valence-electron chi connectivity index (χ4n) is 2.93. The topological polar surface area (TPSA) is 48.3 Å². The molecule has 0 aromatic heterocycles. The molecule has 2 atom stereocenters. The number of nitrogens with one attached hydrogen (secondary N) is 1. The molecule has 0 aliphatic carbocycles. The highest BCUT2D eigenvalue weighted by Crippen LogP contribution is 2.28. The van der Waals surface area contributed by atoms with Crippen LogP contribution in [0, 0.1) is 11.3 Å². The summed E-state index contributed by atoms with van der Waals surface area (Å²) in [6.07, 6.45) is 1.11. The molecule has 2 unspecified atom stereocenters. The molecule has 1 fully saturated rings. The van der Waals surface area contributed by atoms with E-state index in [0.717, 1.165) is 39.2 Å². The van der Waals surface area contributed by atoms with Crippen molar-refractivity contribution in [1.29, 1.82) is 5.26 Å². The zero-order valence-corrected chi connectivity index (χ0v) is 11.0. The number of piperazine rings is 1. The first-order valence-electron chi connectivity index (χ1n) is 6.92. The van der Waals surface area contributed by atoms with E-state index in [1.54, 1.807) is 0 Å². The average molecular weight is 257 g/mol. The molecule has 2 aliphatic rings. The van der Waals surface area contributed by atoms with E-state index in [1.165, 1.54) is 11.1 Å². The van der Waals surface area contributed by atoms with Gasteiger partial charge in [0, 0.05) is 26.2 Å². The Morgan fingerprint density at radius 1 is 1.42 bits per heavy atom. The molecule has 0 radical (unpaired) electrons. The van der Waals surface area contributed by atoms with Gasteiger partial charge in [0.05, 0.1) is 18.8 Å². The molecule has 0 saturated carbocycles. The van der Waals surface area contributed by atoms with Crippen LogP contribution in [0.4, 0.5) is 0 Å². The minimum atomic E-state index is -0.0357. The third-order valence-electron chi connectivity index (χ3n) is 4.00. The molecule has 4 nitrogen and oxygen atoms in total. The van der Waals surface area contributed by atoms with Crippen LogP contribution in [0.1, 0.15) is 17.2 Å². The van der Waals surface area contributed by atoms with E-state index in [4.69, 9.17) is 4.74 Å². The zero-order valence-electron chi connectivity index (χ0n) is 11.0. The molecular formula is C15H19N3O. The summed E-state index contributed by atoms with van der Waals surface area (Å²) in [5, 5.41) is 12.5. The Kier molecular flexibility index (Phi) is 3.79. The van der Waals surface area contributed by atoms with Crippen LogP contribution in [0.15, 0.2) is 24.3 Å². The number of fused-ring (bicyclic) bond motifs is 1. The predicted octanol–water partition coefficient (Wildman–Crippen LogP) is 1.10. The van der Waals surface area contributed by atoms with Crippen molar-refractivity contribution in [3.8, 4) is 6.07 Å². The zero-order chi connectivity index (χ0) is 13.1. The molecule has 1 aromatic carbocycles. The van der Waals surface area contributed by atoms with Gasteiger partial charge in [-0.05, 0) is 17.5 Å². The molecular weight excluding hydrogens is 238 g/mol. The number of benzene rings is 1. The molecule has 1 saturated heterocycles. The highest BCUT2D eigenvalue weighted by molar-refractivity contribution is 5.31. The fraction of sp³-hybridized carbons (Fsp3) is 0.533. The highest BCUT2D eigenvalue weighted by Gasteiger charge is 2.28. The number of ether oxygens (including phenoxy) is 1. The van der Waals surface area contributed by atoms with Crippen molar-refractivity contribution < 1.29 is 4.74 Å². The van der Waals surface area contributed by atoms with Gasteiger partial charge in [-0.25, -0.2) is 0 Å². The van der Waals surface area contributed by atoms with E-state index in [9.17, 15) is 5.26 Å². The Labute approximate surface area is 114 Å². The molecule has 0 spiro atoms. The van der Waals surface area contributed by atoms with E-state index in [0.29, 0.717) is 0 Å². The molecule has 2 heterocycles. The van der Waals surface area contributed by atoms with Crippen LogP contribution >= 0.6 is 0 Å². The van der Waals surface area contributed by atoms with Crippen molar-refractivity contribution in [2.75, 3.05) is 32.8 Å². The number of hydrogen-bond donors (Lipinski definition) is 1. The van der Waals surface area contributed by atoms with Crippen LogP contribution in [-0.4, -0.2) is 43.7 Å². The molecule has 2 aliphatic heterocycles. The summed E-state index contributed by atoms with van der Waals surface area (Å²) in [6, 6.07) is 10.8. The summed E-state index contributed by atoms with van der Waals surface area (Å²) >= 11 is 0. The average Bonchev–Trinajstić information content (AvgIpc) is 2.48. The first-order chi connectivity index (χ1) is 9.38. The smallest absolute Gasteiger partial charge is 0.110 e. The van der Waals surface area contributed by atoms with Gasteiger partial charge in [0.1, 0.15) is 6.04 Å². The molecule has 0 amide bonds. The van der Waals surface area contributed by atoms with Gasteiger partial charge < -0.3 is 10.1 Å². The normalized spacial score (nSPS) is 27.5. The van der Waals surface area contributed by atoms with Crippen molar-refractivity contribution >= 4 is 0 Å². The number of nitrogens with zero attached hydrogens (tertiary/aromatic N) is 2. The predicted molar refractivity (Wildman–Crippen MR) is 72.7 cm³/mol. The lowest BCUT2D eigenvalue weighted by Gasteiger charge is -2.36. The van der Waals surface area contributed by atoms with Crippen LogP contribution in [0.5, 0.6) is 0 Å². The van der Waals surface area contributed by atoms with E-state index >= 15 is 0 Å². The summed E-state index contributed by atoms with van der Waals surface area (Å²) in [6.45, 7) is 4.22. The van der Waals surface area contributed by atoms with Gasteiger partial charge in [0.15, 0.2) is 0 Å².